The van der Waals surface area contributed by atoms with E-state index in [4.69, 9.17) is 4.74 Å². The van der Waals surface area contributed by atoms with Gasteiger partial charge < -0.3 is 9.64 Å². The van der Waals surface area contributed by atoms with Gasteiger partial charge in [-0.1, -0.05) is 13.3 Å². The molecule has 0 aromatic heterocycles. The summed E-state index contributed by atoms with van der Waals surface area (Å²) in [7, 11) is 1.55. The van der Waals surface area contributed by atoms with Gasteiger partial charge in [-0.05, 0) is 30.7 Å². The van der Waals surface area contributed by atoms with Crippen LogP contribution in [-0.2, 0) is 4.79 Å². The normalized spacial score (nSPS) is 17.5. The summed E-state index contributed by atoms with van der Waals surface area (Å²) in [4.78, 5) is 37.4. The lowest BCUT2D eigenvalue weighted by Gasteiger charge is -2.20. The minimum Gasteiger partial charge on any atom is -0.497 e. The highest BCUT2D eigenvalue weighted by Gasteiger charge is 2.39. The number of methoxy groups -OCH3 is 1. The Morgan fingerprint density at radius 1 is 1.27 bits per heavy atom. The van der Waals surface area contributed by atoms with Crippen LogP contribution in [0.5, 0.6) is 5.75 Å². The third-order valence-corrected chi connectivity index (χ3v) is 3.71. The van der Waals surface area contributed by atoms with Crippen LogP contribution in [0.2, 0.25) is 0 Å². The molecular weight excluding hydrogens is 284 g/mol. The number of Topliss-reactive ketones (excluding diaryl/α,β-unsaturated/α-hetero) is 1. The van der Waals surface area contributed by atoms with Crippen molar-refractivity contribution in [3.05, 3.63) is 29.8 Å². The molecule has 1 N–H and O–H groups in total. The number of rotatable bonds is 7. The Labute approximate surface area is 129 Å². The minimum absolute atomic E-state index is 0.00633. The van der Waals surface area contributed by atoms with E-state index in [0.717, 1.165) is 12.8 Å². The number of imide groups is 1. The van der Waals surface area contributed by atoms with Gasteiger partial charge in [0.05, 0.1) is 7.11 Å². The van der Waals surface area contributed by atoms with Crippen LogP contribution in [0.25, 0.3) is 0 Å². The highest BCUT2D eigenvalue weighted by molar-refractivity contribution is 6.08. The predicted molar refractivity (Wildman–Crippen MR) is 80.9 cm³/mol. The number of urea groups is 1. The summed E-state index contributed by atoms with van der Waals surface area (Å²) in [6.07, 6.45) is 1.71. The quantitative estimate of drug-likeness (QED) is 0.617. The summed E-state index contributed by atoms with van der Waals surface area (Å²) >= 11 is 0. The van der Waals surface area contributed by atoms with Crippen molar-refractivity contribution in [1.82, 2.24) is 10.2 Å². The molecule has 1 aromatic carbocycles. The Morgan fingerprint density at radius 3 is 2.55 bits per heavy atom. The molecule has 6 nitrogen and oxygen atoms in total. The van der Waals surface area contributed by atoms with Crippen molar-refractivity contribution in [1.29, 1.82) is 0 Å². The SMILES string of the molecule is CCCCN1C(=O)NC(=O)C1CC(=O)c1ccc(OC)cc1. The van der Waals surface area contributed by atoms with Crippen molar-refractivity contribution in [3.63, 3.8) is 0 Å². The molecule has 2 rings (SSSR count). The van der Waals surface area contributed by atoms with Gasteiger partial charge in [0.25, 0.3) is 5.91 Å². The van der Waals surface area contributed by atoms with Crippen molar-refractivity contribution in [3.8, 4) is 5.75 Å². The van der Waals surface area contributed by atoms with Crippen molar-refractivity contribution in [2.75, 3.05) is 13.7 Å². The molecule has 1 unspecified atom stereocenters. The first-order valence-electron chi connectivity index (χ1n) is 7.35. The van der Waals surface area contributed by atoms with Gasteiger partial charge in [0.2, 0.25) is 0 Å². The fourth-order valence-electron chi connectivity index (χ4n) is 2.40. The van der Waals surface area contributed by atoms with Crippen LogP contribution in [-0.4, -0.2) is 42.3 Å². The maximum absolute atomic E-state index is 12.3. The summed E-state index contributed by atoms with van der Waals surface area (Å²) in [6, 6.07) is 5.59. The van der Waals surface area contributed by atoms with Gasteiger partial charge in [-0.25, -0.2) is 4.79 Å². The molecule has 118 valence electrons. The van der Waals surface area contributed by atoms with Crippen LogP contribution in [0.1, 0.15) is 36.5 Å². The van der Waals surface area contributed by atoms with Crippen molar-refractivity contribution in [2.45, 2.75) is 32.2 Å². The molecule has 3 amide bonds. The van der Waals surface area contributed by atoms with Crippen LogP contribution in [0.15, 0.2) is 24.3 Å². The molecule has 1 aromatic rings. The van der Waals surface area contributed by atoms with Crippen LogP contribution in [0, 0.1) is 0 Å². The van der Waals surface area contributed by atoms with Crippen LogP contribution in [0.4, 0.5) is 4.79 Å². The zero-order valence-corrected chi connectivity index (χ0v) is 12.8. The molecule has 0 radical (unpaired) electrons. The second kappa shape index (κ2) is 7.06. The molecule has 1 aliphatic rings. The summed E-state index contributed by atoms with van der Waals surface area (Å²) in [6.45, 7) is 2.49. The summed E-state index contributed by atoms with van der Waals surface area (Å²) < 4.78 is 5.05. The number of hydrogen-bond acceptors (Lipinski definition) is 4. The highest BCUT2D eigenvalue weighted by atomic mass is 16.5. The van der Waals surface area contributed by atoms with Gasteiger partial charge in [-0.15, -0.1) is 0 Å². The third kappa shape index (κ3) is 3.44. The smallest absolute Gasteiger partial charge is 0.324 e. The van der Waals surface area contributed by atoms with E-state index in [1.807, 2.05) is 6.92 Å². The molecule has 1 fully saturated rings. The number of hydrogen-bond donors (Lipinski definition) is 1. The molecule has 0 spiro atoms. The van der Waals surface area contributed by atoms with Gasteiger partial charge in [0.15, 0.2) is 5.78 Å². The first-order chi connectivity index (χ1) is 10.6. The van der Waals surface area contributed by atoms with Crippen molar-refractivity contribution >= 4 is 17.7 Å². The van der Waals surface area contributed by atoms with E-state index < -0.39 is 18.0 Å². The van der Waals surface area contributed by atoms with Crippen LogP contribution < -0.4 is 10.1 Å². The molecule has 0 aliphatic carbocycles. The maximum Gasteiger partial charge on any atom is 0.324 e. The fourth-order valence-corrected chi connectivity index (χ4v) is 2.40. The van der Waals surface area contributed by atoms with Gasteiger partial charge in [0.1, 0.15) is 11.8 Å². The number of amides is 3. The van der Waals surface area contributed by atoms with Crippen molar-refractivity contribution in [2.24, 2.45) is 0 Å². The van der Waals surface area contributed by atoms with E-state index in [0.29, 0.717) is 17.9 Å². The molecule has 1 atom stereocenters. The summed E-state index contributed by atoms with van der Waals surface area (Å²) in [5, 5.41) is 2.28. The lowest BCUT2D eigenvalue weighted by atomic mass is 10.0. The van der Waals surface area contributed by atoms with Gasteiger partial charge in [-0.2, -0.15) is 0 Å². The van der Waals surface area contributed by atoms with E-state index in [1.54, 1.807) is 31.4 Å². The summed E-state index contributed by atoms with van der Waals surface area (Å²) in [5.74, 6) is 0.0943. The third-order valence-electron chi connectivity index (χ3n) is 3.71. The average Bonchev–Trinajstić information content (AvgIpc) is 2.79. The zero-order chi connectivity index (χ0) is 16.1. The standard InChI is InChI=1S/C16H20N2O4/c1-3-4-9-18-13(15(20)17-16(18)21)10-14(19)11-5-7-12(22-2)8-6-11/h5-8,13H,3-4,9-10H2,1-2H3,(H,17,20,21). The van der Waals surface area contributed by atoms with Gasteiger partial charge in [0, 0.05) is 18.5 Å². The lowest BCUT2D eigenvalue weighted by Crippen LogP contribution is -2.37. The molecule has 1 heterocycles. The van der Waals surface area contributed by atoms with E-state index in [1.165, 1.54) is 4.90 Å². The molecule has 0 saturated carbocycles. The second-order valence-electron chi connectivity index (χ2n) is 5.21. The number of unbranched alkanes of at least 4 members (excludes halogenated alkanes) is 1. The zero-order valence-electron chi connectivity index (χ0n) is 12.8. The molecular formula is C16H20N2O4. The first kappa shape index (κ1) is 16.0. The Balaban J connectivity index is 2.07. The maximum atomic E-state index is 12.3. The predicted octanol–water partition coefficient (Wildman–Crippen LogP) is 1.99. The number of benzene rings is 1. The molecule has 1 aliphatic heterocycles. The molecule has 0 bridgehead atoms. The molecule has 22 heavy (non-hydrogen) atoms. The number of carbonyl (C=O) groups is 3. The first-order valence-corrected chi connectivity index (χ1v) is 7.35. The lowest BCUT2D eigenvalue weighted by molar-refractivity contribution is -0.121. The monoisotopic (exact) mass is 304 g/mol. The van der Waals surface area contributed by atoms with E-state index >= 15 is 0 Å². The topological polar surface area (TPSA) is 75.7 Å². The van der Waals surface area contributed by atoms with Gasteiger partial charge in [-0.3, -0.25) is 14.9 Å². The number of carbonyl (C=O) groups excluding carboxylic acids is 3. The van der Waals surface area contributed by atoms with E-state index in [-0.39, 0.29) is 12.2 Å². The average molecular weight is 304 g/mol. The Morgan fingerprint density at radius 2 is 1.95 bits per heavy atom. The summed E-state index contributed by atoms with van der Waals surface area (Å²) in [5.41, 5.74) is 0.503. The van der Waals surface area contributed by atoms with E-state index in [2.05, 4.69) is 5.32 Å². The Bertz CT molecular complexity index is 568. The number of ether oxygens (including phenoxy) is 1. The Kier molecular flexibility index (Phi) is 5.14. The number of nitrogens with zero attached hydrogens (tertiary/aromatic N) is 1. The van der Waals surface area contributed by atoms with Gasteiger partial charge >= 0.3 is 6.03 Å². The fraction of sp³-hybridized carbons (Fsp3) is 0.438. The second-order valence-corrected chi connectivity index (χ2v) is 5.21. The van der Waals surface area contributed by atoms with Crippen LogP contribution in [0.3, 0.4) is 0 Å². The number of ketones is 1. The Hall–Kier alpha value is -2.37. The molecule has 6 heteroatoms. The highest BCUT2D eigenvalue weighted by Crippen LogP contribution is 2.18. The van der Waals surface area contributed by atoms with E-state index in [9.17, 15) is 14.4 Å². The largest absolute Gasteiger partial charge is 0.497 e. The minimum atomic E-state index is -0.714. The van der Waals surface area contributed by atoms with Crippen molar-refractivity contribution < 1.29 is 19.1 Å². The van der Waals surface area contributed by atoms with Crippen LogP contribution >= 0.6 is 0 Å². The molecule has 1 saturated heterocycles. The number of nitrogens with one attached hydrogen (secondary N) is 1.